The Morgan fingerprint density at radius 1 is 1.00 bits per heavy atom. The van der Waals surface area contributed by atoms with E-state index in [0.717, 1.165) is 51.1 Å². The van der Waals surface area contributed by atoms with E-state index in [1.807, 2.05) is 18.2 Å². The molecule has 0 aliphatic carbocycles. The van der Waals surface area contributed by atoms with Crippen LogP contribution < -0.4 is 0 Å². The second-order valence-corrected chi connectivity index (χ2v) is 6.71. The second-order valence-electron chi connectivity index (χ2n) is 6.71. The number of rotatable bonds is 6. The molecule has 1 saturated heterocycles. The van der Waals surface area contributed by atoms with Crippen molar-refractivity contribution >= 4 is 5.69 Å². The molecule has 2 aromatic rings. The summed E-state index contributed by atoms with van der Waals surface area (Å²) in [6, 6.07) is 15.2. The van der Waals surface area contributed by atoms with Crippen LogP contribution in [0.1, 0.15) is 12.0 Å². The Hall–Kier alpha value is -2.24. The van der Waals surface area contributed by atoms with Crippen molar-refractivity contribution in [3.8, 4) is 11.1 Å². The number of hydrogen-bond acceptors (Lipinski definition) is 4. The number of nitro benzene ring substituents is 1. The van der Waals surface area contributed by atoms with E-state index in [-0.39, 0.29) is 10.6 Å². The molecular weight excluding hydrogens is 314 g/mol. The van der Waals surface area contributed by atoms with E-state index in [4.69, 9.17) is 0 Å². The summed E-state index contributed by atoms with van der Waals surface area (Å²) in [5, 5.41) is 10.8. The summed E-state index contributed by atoms with van der Waals surface area (Å²) in [7, 11) is 2.18. The molecule has 25 heavy (non-hydrogen) atoms. The highest BCUT2D eigenvalue weighted by molar-refractivity contribution is 5.68. The summed E-state index contributed by atoms with van der Waals surface area (Å²) in [6.45, 7) is 5.74. The SMILES string of the molecule is CN1CCN(CCCc2ccccc2-c2ccc([N+](=O)[O-])cc2)CC1. The zero-order valence-corrected chi connectivity index (χ0v) is 14.7. The average Bonchev–Trinajstić information content (AvgIpc) is 2.64. The van der Waals surface area contributed by atoms with Crippen LogP contribution in [0.5, 0.6) is 0 Å². The van der Waals surface area contributed by atoms with Crippen molar-refractivity contribution in [2.24, 2.45) is 0 Å². The van der Waals surface area contributed by atoms with Gasteiger partial charge in [0.05, 0.1) is 4.92 Å². The number of non-ortho nitro benzene ring substituents is 1. The molecule has 0 radical (unpaired) electrons. The first-order valence-corrected chi connectivity index (χ1v) is 8.87. The van der Waals surface area contributed by atoms with E-state index in [9.17, 15) is 10.1 Å². The van der Waals surface area contributed by atoms with Gasteiger partial charge in [-0.2, -0.15) is 0 Å². The Bertz CT molecular complexity index is 707. The van der Waals surface area contributed by atoms with Crippen LogP contribution in [0.15, 0.2) is 48.5 Å². The molecule has 5 nitrogen and oxygen atoms in total. The van der Waals surface area contributed by atoms with Crippen molar-refractivity contribution in [2.45, 2.75) is 12.8 Å². The molecule has 5 heteroatoms. The first-order chi connectivity index (χ1) is 12.1. The van der Waals surface area contributed by atoms with Crippen molar-refractivity contribution in [1.29, 1.82) is 0 Å². The van der Waals surface area contributed by atoms with Gasteiger partial charge in [-0.05, 0) is 55.3 Å². The van der Waals surface area contributed by atoms with Crippen molar-refractivity contribution in [2.75, 3.05) is 39.8 Å². The van der Waals surface area contributed by atoms with Crippen molar-refractivity contribution in [1.82, 2.24) is 9.80 Å². The first kappa shape index (κ1) is 17.6. The van der Waals surface area contributed by atoms with E-state index >= 15 is 0 Å². The number of nitro groups is 1. The Balaban J connectivity index is 1.63. The summed E-state index contributed by atoms with van der Waals surface area (Å²) >= 11 is 0. The third-order valence-electron chi connectivity index (χ3n) is 4.92. The molecule has 0 N–H and O–H groups in total. The van der Waals surface area contributed by atoms with Crippen LogP contribution in [0.2, 0.25) is 0 Å². The van der Waals surface area contributed by atoms with Gasteiger partial charge in [0.2, 0.25) is 0 Å². The number of likely N-dealkylation sites (N-methyl/N-ethyl adjacent to an activating group) is 1. The van der Waals surface area contributed by atoms with Gasteiger partial charge >= 0.3 is 0 Å². The van der Waals surface area contributed by atoms with Crippen molar-refractivity contribution in [3.05, 3.63) is 64.2 Å². The molecule has 1 aliphatic rings. The largest absolute Gasteiger partial charge is 0.304 e. The smallest absolute Gasteiger partial charge is 0.269 e. The zero-order valence-electron chi connectivity index (χ0n) is 14.7. The zero-order chi connectivity index (χ0) is 17.6. The van der Waals surface area contributed by atoms with Gasteiger partial charge in [0.25, 0.3) is 5.69 Å². The lowest BCUT2D eigenvalue weighted by molar-refractivity contribution is -0.384. The minimum Gasteiger partial charge on any atom is -0.304 e. The molecule has 0 amide bonds. The molecule has 2 aromatic carbocycles. The lowest BCUT2D eigenvalue weighted by Crippen LogP contribution is -2.44. The van der Waals surface area contributed by atoms with Crippen LogP contribution in [-0.4, -0.2) is 54.5 Å². The van der Waals surface area contributed by atoms with Gasteiger partial charge in [-0.25, -0.2) is 0 Å². The van der Waals surface area contributed by atoms with Crippen LogP contribution >= 0.6 is 0 Å². The molecule has 0 spiro atoms. The van der Waals surface area contributed by atoms with Crippen LogP contribution in [0.25, 0.3) is 11.1 Å². The van der Waals surface area contributed by atoms with E-state index in [0.29, 0.717) is 0 Å². The molecule has 0 unspecified atom stereocenters. The Labute approximate surface area is 149 Å². The molecule has 3 rings (SSSR count). The van der Waals surface area contributed by atoms with E-state index < -0.39 is 0 Å². The quantitative estimate of drug-likeness (QED) is 0.597. The van der Waals surface area contributed by atoms with Crippen LogP contribution in [0.4, 0.5) is 5.69 Å². The molecule has 0 bridgehead atoms. The molecule has 0 atom stereocenters. The van der Waals surface area contributed by atoms with Gasteiger partial charge in [0, 0.05) is 38.3 Å². The number of piperazine rings is 1. The second kappa shape index (κ2) is 8.23. The highest BCUT2D eigenvalue weighted by atomic mass is 16.6. The average molecular weight is 339 g/mol. The lowest BCUT2D eigenvalue weighted by atomic mass is 9.96. The predicted octanol–water partition coefficient (Wildman–Crippen LogP) is 3.44. The van der Waals surface area contributed by atoms with Gasteiger partial charge in [-0.3, -0.25) is 10.1 Å². The summed E-state index contributed by atoms with van der Waals surface area (Å²) in [4.78, 5) is 15.4. The third kappa shape index (κ3) is 4.65. The highest BCUT2D eigenvalue weighted by Gasteiger charge is 2.13. The third-order valence-corrected chi connectivity index (χ3v) is 4.92. The topological polar surface area (TPSA) is 49.6 Å². The lowest BCUT2D eigenvalue weighted by Gasteiger charge is -2.32. The van der Waals surface area contributed by atoms with Crippen molar-refractivity contribution < 1.29 is 4.92 Å². The van der Waals surface area contributed by atoms with Crippen molar-refractivity contribution in [3.63, 3.8) is 0 Å². The van der Waals surface area contributed by atoms with Gasteiger partial charge in [0.1, 0.15) is 0 Å². The summed E-state index contributed by atoms with van der Waals surface area (Å²) in [5.74, 6) is 0. The molecule has 1 heterocycles. The van der Waals surface area contributed by atoms with Crippen LogP contribution in [-0.2, 0) is 6.42 Å². The molecule has 1 aliphatic heterocycles. The van der Waals surface area contributed by atoms with Crippen LogP contribution in [0.3, 0.4) is 0 Å². The minimum absolute atomic E-state index is 0.135. The number of nitrogens with zero attached hydrogens (tertiary/aromatic N) is 3. The van der Waals surface area contributed by atoms with Gasteiger partial charge in [0.15, 0.2) is 0 Å². The minimum atomic E-state index is -0.355. The molecular formula is C20H25N3O2. The Morgan fingerprint density at radius 3 is 2.36 bits per heavy atom. The van der Waals surface area contributed by atoms with Gasteiger partial charge in [-0.1, -0.05) is 24.3 Å². The fraction of sp³-hybridized carbons (Fsp3) is 0.400. The predicted molar refractivity (Wildman–Crippen MR) is 101 cm³/mol. The maximum absolute atomic E-state index is 10.8. The first-order valence-electron chi connectivity index (χ1n) is 8.87. The molecule has 0 aromatic heterocycles. The van der Waals surface area contributed by atoms with Crippen LogP contribution in [0, 0.1) is 10.1 Å². The standard InChI is InChI=1S/C20H25N3O2/c1-21-13-15-22(16-14-21)12-4-6-17-5-2-3-7-20(17)18-8-10-19(11-9-18)23(24)25/h2-3,5,7-11H,4,6,12-16H2,1H3. The number of aryl methyl sites for hydroxylation is 1. The summed E-state index contributed by atoms with van der Waals surface area (Å²) in [5.41, 5.74) is 3.67. The summed E-state index contributed by atoms with van der Waals surface area (Å²) < 4.78 is 0. The highest BCUT2D eigenvalue weighted by Crippen LogP contribution is 2.26. The number of hydrogen-bond donors (Lipinski definition) is 0. The molecule has 1 fully saturated rings. The summed E-state index contributed by atoms with van der Waals surface area (Å²) in [6.07, 6.45) is 2.16. The van der Waals surface area contributed by atoms with Gasteiger partial charge < -0.3 is 9.80 Å². The van der Waals surface area contributed by atoms with E-state index in [1.165, 1.54) is 11.1 Å². The monoisotopic (exact) mass is 339 g/mol. The molecule has 132 valence electrons. The fourth-order valence-corrected chi connectivity index (χ4v) is 3.35. The number of benzene rings is 2. The van der Waals surface area contributed by atoms with Gasteiger partial charge in [-0.15, -0.1) is 0 Å². The Morgan fingerprint density at radius 2 is 1.68 bits per heavy atom. The molecule has 0 saturated carbocycles. The van der Waals surface area contributed by atoms with E-state index in [2.05, 4.69) is 35.0 Å². The maximum Gasteiger partial charge on any atom is 0.269 e. The fourth-order valence-electron chi connectivity index (χ4n) is 3.35. The maximum atomic E-state index is 10.8. The Kier molecular flexibility index (Phi) is 5.79. The van der Waals surface area contributed by atoms with E-state index in [1.54, 1.807) is 12.1 Å². The normalized spacial score (nSPS) is 16.0.